The summed E-state index contributed by atoms with van der Waals surface area (Å²) in [5.41, 5.74) is 1.28. The number of hydrogen-bond donors (Lipinski definition) is 0. The number of aromatic nitrogens is 2. The second-order valence-electron chi connectivity index (χ2n) is 5.01. The number of halogens is 2. The molecule has 0 fully saturated rings. The first-order valence-corrected chi connectivity index (χ1v) is 8.04. The standard InChI is InChI=1S/C15H19F2N3O2S/c1-19(8-5-9-22-2)13(21)10-20-12-7-4-3-6-11(12)18-15(20)23-14(16)17/h3-4,6-7,14H,5,8-10H2,1-2H3. The Morgan fingerprint density at radius 1 is 1.43 bits per heavy atom. The van der Waals surface area contributed by atoms with Gasteiger partial charge in [0.05, 0.1) is 11.0 Å². The Labute approximate surface area is 137 Å². The number of amides is 1. The van der Waals surface area contributed by atoms with E-state index in [1.165, 1.54) is 0 Å². The minimum Gasteiger partial charge on any atom is -0.385 e. The molecule has 0 aliphatic heterocycles. The molecule has 8 heteroatoms. The molecule has 5 nitrogen and oxygen atoms in total. The van der Waals surface area contributed by atoms with Gasteiger partial charge in [-0.25, -0.2) is 4.98 Å². The number of rotatable bonds is 8. The van der Waals surface area contributed by atoms with Crippen molar-refractivity contribution in [2.24, 2.45) is 0 Å². The largest absolute Gasteiger partial charge is 0.385 e. The van der Waals surface area contributed by atoms with Crippen molar-refractivity contribution in [1.29, 1.82) is 0 Å². The van der Waals surface area contributed by atoms with Crippen molar-refractivity contribution in [3.8, 4) is 0 Å². The molecule has 0 saturated heterocycles. The predicted octanol–water partition coefficient (Wildman–Crippen LogP) is 2.85. The third-order valence-electron chi connectivity index (χ3n) is 3.38. The fourth-order valence-corrected chi connectivity index (χ4v) is 2.80. The lowest BCUT2D eigenvalue weighted by Gasteiger charge is -2.18. The number of para-hydroxylation sites is 2. The normalized spacial score (nSPS) is 11.3. The SMILES string of the molecule is COCCCN(C)C(=O)Cn1c(SC(F)F)nc2ccccc21. The number of likely N-dealkylation sites (N-methyl/N-ethyl adjacent to an activating group) is 1. The van der Waals surface area contributed by atoms with Crippen molar-refractivity contribution in [2.45, 2.75) is 23.9 Å². The van der Waals surface area contributed by atoms with Crippen molar-refractivity contribution in [3.05, 3.63) is 24.3 Å². The van der Waals surface area contributed by atoms with Crippen LogP contribution in [0.2, 0.25) is 0 Å². The molecule has 1 heterocycles. The Morgan fingerprint density at radius 3 is 2.87 bits per heavy atom. The highest BCUT2D eigenvalue weighted by atomic mass is 32.2. The molecule has 1 aromatic carbocycles. The fraction of sp³-hybridized carbons (Fsp3) is 0.467. The maximum Gasteiger partial charge on any atom is 0.291 e. The number of fused-ring (bicyclic) bond motifs is 1. The molecule has 0 atom stereocenters. The first kappa shape index (κ1) is 17.7. The van der Waals surface area contributed by atoms with E-state index in [9.17, 15) is 13.6 Å². The minimum atomic E-state index is -2.58. The summed E-state index contributed by atoms with van der Waals surface area (Å²) in [7, 11) is 3.30. The van der Waals surface area contributed by atoms with Crippen molar-refractivity contribution < 1.29 is 18.3 Å². The van der Waals surface area contributed by atoms with E-state index in [1.807, 2.05) is 0 Å². The number of hydrogen-bond acceptors (Lipinski definition) is 4. The van der Waals surface area contributed by atoms with Crippen molar-refractivity contribution in [2.75, 3.05) is 27.3 Å². The van der Waals surface area contributed by atoms with Crippen LogP contribution < -0.4 is 0 Å². The molecular weight excluding hydrogens is 324 g/mol. The molecule has 0 bridgehead atoms. The lowest BCUT2D eigenvalue weighted by molar-refractivity contribution is -0.130. The van der Waals surface area contributed by atoms with Gasteiger partial charge >= 0.3 is 0 Å². The summed E-state index contributed by atoms with van der Waals surface area (Å²) in [6.07, 6.45) is 0.724. The van der Waals surface area contributed by atoms with Gasteiger partial charge in [-0.2, -0.15) is 8.78 Å². The van der Waals surface area contributed by atoms with Gasteiger partial charge in [-0.1, -0.05) is 12.1 Å². The molecular formula is C15H19F2N3O2S. The fourth-order valence-electron chi connectivity index (χ4n) is 2.20. The summed E-state index contributed by atoms with van der Waals surface area (Å²) in [6, 6.07) is 7.10. The Hall–Kier alpha value is -1.67. The van der Waals surface area contributed by atoms with E-state index < -0.39 is 5.76 Å². The van der Waals surface area contributed by atoms with Crippen LogP contribution in [0, 0.1) is 0 Å². The van der Waals surface area contributed by atoms with Crippen LogP contribution in [0.4, 0.5) is 8.78 Å². The van der Waals surface area contributed by atoms with Crippen LogP contribution in [0.3, 0.4) is 0 Å². The van der Waals surface area contributed by atoms with Crippen LogP contribution in [-0.4, -0.2) is 53.4 Å². The van der Waals surface area contributed by atoms with E-state index in [2.05, 4.69) is 4.98 Å². The van der Waals surface area contributed by atoms with Gasteiger partial charge in [0.1, 0.15) is 6.54 Å². The molecule has 0 radical (unpaired) electrons. The summed E-state index contributed by atoms with van der Waals surface area (Å²) < 4.78 is 32.0. The zero-order valence-electron chi connectivity index (χ0n) is 13.0. The van der Waals surface area contributed by atoms with Crippen LogP contribution in [0.25, 0.3) is 11.0 Å². The van der Waals surface area contributed by atoms with E-state index in [1.54, 1.807) is 47.9 Å². The summed E-state index contributed by atoms with van der Waals surface area (Å²) in [4.78, 5) is 18.1. The van der Waals surface area contributed by atoms with Crippen molar-refractivity contribution in [3.63, 3.8) is 0 Å². The topological polar surface area (TPSA) is 47.4 Å². The molecule has 1 aromatic heterocycles. The van der Waals surface area contributed by atoms with Crippen molar-refractivity contribution in [1.82, 2.24) is 14.5 Å². The zero-order valence-corrected chi connectivity index (χ0v) is 13.9. The molecule has 0 aliphatic rings. The van der Waals surface area contributed by atoms with E-state index in [0.717, 1.165) is 6.42 Å². The molecule has 23 heavy (non-hydrogen) atoms. The number of carbonyl (C=O) groups excluding carboxylic acids is 1. The number of carbonyl (C=O) groups is 1. The van der Waals surface area contributed by atoms with Crippen LogP contribution >= 0.6 is 11.8 Å². The van der Waals surface area contributed by atoms with Gasteiger partial charge in [-0.15, -0.1) is 0 Å². The summed E-state index contributed by atoms with van der Waals surface area (Å²) >= 11 is 0.354. The second-order valence-corrected chi connectivity index (χ2v) is 5.97. The van der Waals surface area contributed by atoms with Crippen LogP contribution in [0.1, 0.15) is 6.42 Å². The van der Waals surface area contributed by atoms with E-state index in [-0.39, 0.29) is 17.6 Å². The first-order chi connectivity index (χ1) is 11.0. The van der Waals surface area contributed by atoms with Gasteiger partial charge in [-0.05, 0) is 30.3 Å². The van der Waals surface area contributed by atoms with Crippen LogP contribution in [-0.2, 0) is 16.1 Å². The molecule has 2 rings (SSSR count). The van der Waals surface area contributed by atoms with Gasteiger partial charge in [0, 0.05) is 27.3 Å². The molecule has 1 amide bonds. The van der Waals surface area contributed by atoms with Gasteiger partial charge in [0.25, 0.3) is 5.76 Å². The highest BCUT2D eigenvalue weighted by Gasteiger charge is 2.19. The third kappa shape index (κ3) is 4.65. The van der Waals surface area contributed by atoms with E-state index >= 15 is 0 Å². The maximum absolute atomic E-state index is 12.7. The van der Waals surface area contributed by atoms with Gasteiger partial charge in [0.2, 0.25) is 5.91 Å². The Morgan fingerprint density at radius 2 is 2.17 bits per heavy atom. The number of ether oxygens (including phenoxy) is 1. The van der Waals surface area contributed by atoms with E-state index in [4.69, 9.17) is 4.74 Å². The number of imidazole rings is 1. The quantitative estimate of drug-likeness (QED) is 0.546. The number of thioether (sulfide) groups is 1. The Bertz CT molecular complexity index is 663. The number of nitrogens with zero attached hydrogens (tertiary/aromatic N) is 3. The number of methoxy groups -OCH3 is 1. The summed E-state index contributed by atoms with van der Waals surface area (Å²) in [5.74, 6) is -2.74. The average Bonchev–Trinajstić information content (AvgIpc) is 2.84. The van der Waals surface area contributed by atoms with Crippen LogP contribution in [0.15, 0.2) is 29.4 Å². The monoisotopic (exact) mass is 343 g/mol. The Balaban J connectivity index is 2.18. The minimum absolute atomic E-state index is 0.0148. The van der Waals surface area contributed by atoms with E-state index in [0.29, 0.717) is 35.9 Å². The van der Waals surface area contributed by atoms with Gasteiger partial charge < -0.3 is 14.2 Å². The first-order valence-electron chi connectivity index (χ1n) is 7.16. The average molecular weight is 343 g/mol. The van der Waals surface area contributed by atoms with Gasteiger partial charge in [0.15, 0.2) is 5.16 Å². The van der Waals surface area contributed by atoms with Crippen molar-refractivity contribution >= 4 is 28.7 Å². The molecule has 0 aliphatic carbocycles. The molecule has 0 N–H and O–H groups in total. The van der Waals surface area contributed by atoms with Crippen LogP contribution in [0.5, 0.6) is 0 Å². The maximum atomic E-state index is 12.7. The van der Waals surface area contributed by atoms with Gasteiger partial charge in [-0.3, -0.25) is 4.79 Å². The summed E-state index contributed by atoms with van der Waals surface area (Å²) in [6.45, 7) is 1.10. The highest BCUT2D eigenvalue weighted by molar-refractivity contribution is 7.99. The second kappa shape index (κ2) is 8.26. The lowest BCUT2D eigenvalue weighted by Crippen LogP contribution is -2.31. The highest BCUT2D eigenvalue weighted by Crippen LogP contribution is 2.28. The number of benzene rings is 1. The number of alkyl halides is 2. The summed E-state index contributed by atoms with van der Waals surface area (Å²) in [5, 5.41) is 0.153. The third-order valence-corrected chi connectivity index (χ3v) is 4.08. The molecule has 126 valence electrons. The molecule has 0 spiro atoms. The smallest absolute Gasteiger partial charge is 0.291 e. The zero-order chi connectivity index (χ0) is 16.8. The molecule has 2 aromatic rings. The lowest BCUT2D eigenvalue weighted by atomic mass is 10.3. The molecule has 0 saturated carbocycles. The molecule has 0 unspecified atom stereocenters. The Kier molecular flexibility index (Phi) is 6.35. The predicted molar refractivity (Wildman–Crippen MR) is 85.7 cm³/mol.